The fraction of sp³-hybridized carbons (Fsp3) is 0.435. The summed E-state index contributed by atoms with van der Waals surface area (Å²) in [5, 5.41) is 2.98. The number of methoxy groups -OCH3 is 1. The van der Waals surface area contributed by atoms with Crippen LogP contribution in [0.2, 0.25) is 0 Å². The Labute approximate surface area is 172 Å². The second-order valence-electron chi connectivity index (χ2n) is 7.12. The van der Waals surface area contributed by atoms with Crippen LogP contribution in [0.15, 0.2) is 48.5 Å². The van der Waals surface area contributed by atoms with Crippen LogP contribution in [0.25, 0.3) is 0 Å². The molecule has 1 unspecified atom stereocenters. The van der Waals surface area contributed by atoms with Crippen LogP contribution in [0, 0.1) is 0 Å². The number of hydrogen-bond acceptors (Lipinski definition) is 5. The average Bonchev–Trinajstić information content (AvgIpc) is 2.77. The van der Waals surface area contributed by atoms with Gasteiger partial charge in [0.25, 0.3) is 5.91 Å². The van der Waals surface area contributed by atoms with E-state index in [4.69, 9.17) is 14.2 Å². The van der Waals surface area contributed by atoms with Gasteiger partial charge in [0.05, 0.1) is 20.3 Å². The summed E-state index contributed by atoms with van der Waals surface area (Å²) < 4.78 is 16.4. The molecular weight excluding hydrogens is 368 g/mol. The first-order chi connectivity index (χ1) is 14.2. The van der Waals surface area contributed by atoms with Gasteiger partial charge in [-0.25, -0.2) is 0 Å². The maximum atomic E-state index is 12.6. The van der Waals surface area contributed by atoms with Gasteiger partial charge in [0, 0.05) is 32.2 Å². The van der Waals surface area contributed by atoms with Gasteiger partial charge in [0.1, 0.15) is 11.5 Å². The topological polar surface area (TPSA) is 60.0 Å². The van der Waals surface area contributed by atoms with Crippen molar-refractivity contribution in [1.82, 2.24) is 10.2 Å². The molecule has 1 heterocycles. The SMILES string of the molecule is CCC(Oc1cccc(OC)c1)C(=O)NCc1ccc(CN2CCOCC2)cc1. The summed E-state index contributed by atoms with van der Waals surface area (Å²) in [5.74, 6) is 1.21. The maximum absolute atomic E-state index is 12.6. The number of carbonyl (C=O) groups is 1. The van der Waals surface area contributed by atoms with Gasteiger partial charge in [0.15, 0.2) is 6.10 Å². The predicted molar refractivity (Wildman–Crippen MR) is 112 cm³/mol. The molecule has 0 radical (unpaired) electrons. The van der Waals surface area contributed by atoms with Gasteiger partial charge in [-0.2, -0.15) is 0 Å². The standard InChI is InChI=1S/C23H30N2O4/c1-3-22(29-21-6-4-5-20(15-21)27-2)23(26)24-16-18-7-9-19(10-8-18)17-25-11-13-28-14-12-25/h4-10,15,22H,3,11-14,16-17H2,1-2H3,(H,24,26). The predicted octanol–water partition coefficient (Wildman–Crippen LogP) is 3.00. The van der Waals surface area contributed by atoms with Gasteiger partial charge in [-0.3, -0.25) is 9.69 Å². The van der Waals surface area contributed by atoms with Crippen molar-refractivity contribution in [3.63, 3.8) is 0 Å². The van der Waals surface area contributed by atoms with E-state index in [1.165, 1.54) is 5.56 Å². The van der Waals surface area contributed by atoms with E-state index in [9.17, 15) is 4.79 Å². The monoisotopic (exact) mass is 398 g/mol. The molecule has 0 spiro atoms. The number of benzene rings is 2. The minimum absolute atomic E-state index is 0.118. The van der Waals surface area contributed by atoms with Crippen molar-refractivity contribution < 1.29 is 19.0 Å². The van der Waals surface area contributed by atoms with Crippen LogP contribution in [-0.2, 0) is 22.6 Å². The van der Waals surface area contributed by atoms with Crippen LogP contribution in [0.1, 0.15) is 24.5 Å². The van der Waals surface area contributed by atoms with Crippen molar-refractivity contribution in [2.24, 2.45) is 0 Å². The quantitative estimate of drug-likeness (QED) is 0.704. The Bertz CT molecular complexity index is 773. The molecule has 0 saturated carbocycles. The van der Waals surface area contributed by atoms with Gasteiger partial charge < -0.3 is 19.5 Å². The lowest BCUT2D eigenvalue weighted by Gasteiger charge is -2.26. The van der Waals surface area contributed by atoms with Crippen LogP contribution >= 0.6 is 0 Å². The summed E-state index contributed by atoms with van der Waals surface area (Å²) >= 11 is 0. The third-order valence-electron chi connectivity index (χ3n) is 4.98. The molecule has 1 saturated heterocycles. The molecule has 0 aromatic heterocycles. The molecule has 0 bridgehead atoms. The largest absolute Gasteiger partial charge is 0.497 e. The number of morpholine rings is 1. The van der Waals surface area contributed by atoms with Crippen LogP contribution in [0.4, 0.5) is 0 Å². The Morgan fingerprint density at radius 1 is 1.10 bits per heavy atom. The van der Waals surface area contributed by atoms with Gasteiger partial charge in [0.2, 0.25) is 0 Å². The minimum atomic E-state index is -0.539. The van der Waals surface area contributed by atoms with Crippen LogP contribution in [-0.4, -0.2) is 50.3 Å². The van der Waals surface area contributed by atoms with Crippen molar-refractivity contribution in [3.05, 3.63) is 59.7 Å². The van der Waals surface area contributed by atoms with E-state index in [0.717, 1.165) is 38.4 Å². The molecule has 1 aliphatic rings. The molecule has 0 aliphatic carbocycles. The van der Waals surface area contributed by atoms with E-state index in [1.807, 2.05) is 25.1 Å². The number of carbonyl (C=O) groups excluding carboxylic acids is 1. The van der Waals surface area contributed by atoms with Crippen molar-refractivity contribution in [1.29, 1.82) is 0 Å². The molecule has 6 heteroatoms. The first-order valence-electron chi connectivity index (χ1n) is 10.1. The number of rotatable bonds is 9. The van der Waals surface area contributed by atoms with Crippen molar-refractivity contribution >= 4 is 5.91 Å². The Hall–Kier alpha value is -2.57. The number of amides is 1. The smallest absolute Gasteiger partial charge is 0.261 e. The van der Waals surface area contributed by atoms with Gasteiger partial charge in [-0.1, -0.05) is 37.3 Å². The van der Waals surface area contributed by atoms with Crippen molar-refractivity contribution in [2.45, 2.75) is 32.5 Å². The highest BCUT2D eigenvalue weighted by Crippen LogP contribution is 2.20. The fourth-order valence-corrected chi connectivity index (χ4v) is 3.24. The lowest BCUT2D eigenvalue weighted by atomic mass is 10.1. The molecular formula is C23H30N2O4. The molecule has 2 aromatic carbocycles. The second kappa shape index (κ2) is 10.8. The molecule has 6 nitrogen and oxygen atoms in total. The van der Waals surface area contributed by atoms with Gasteiger partial charge >= 0.3 is 0 Å². The summed E-state index contributed by atoms with van der Waals surface area (Å²) in [4.78, 5) is 14.9. The van der Waals surface area contributed by atoms with E-state index in [0.29, 0.717) is 24.5 Å². The normalized spacial score (nSPS) is 15.5. The summed E-state index contributed by atoms with van der Waals surface area (Å²) in [5.41, 5.74) is 2.34. The minimum Gasteiger partial charge on any atom is -0.497 e. The highest BCUT2D eigenvalue weighted by molar-refractivity contribution is 5.81. The average molecular weight is 399 g/mol. The summed E-state index contributed by atoms with van der Waals surface area (Å²) in [6.45, 7) is 6.91. The Morgan fingerprint density at radius 3 is 2.48 bits per heavy atom. The van der Waals surface area contributed by atoms with Crippen molar-refractivity contribution in [2.75, 3.05) is 33.4 Å². The molecule has 3 rings (SSSR count). The molecule has 1 N–H and O–H groups in total. The second-order valence-corrected chi connectivity index (χ2v) is 7.12. The molecule has 1 amide bonds. The lowest BCUT2D eigenvalue weighted by Crippen LogP contribution is -2.37. The number of nitrogens with one attached hydrogen (secondary N) is 1. The Balaban J connectivity index is 1.49. The van der Waals surface area contributed by atoms with Gasteiger partial charge in [-0.05, 0) is 29.7 Å². The van der Waals surface area contributed by atoms with Crippen LogP contribution in [0.3, 0.4) is 0 Å². The third kappa shape index (κ3) is 6.48. The van der Waals surface area contributed by atoms with E-state index in [2.05, 4.69) is 34.5 Å². The Morgan fingerprint density at radius 2 is 1.79 bits per heavy atom. The molecule has 1 aliphatic heterocycles. The lowest BCUT2D eigenvalue weighted by molar-refractivity contribution is -0.128. The van der Waals surface area contributed by atoms with E-state index in [-0.39, 0.29) is 5.91 Å². The molecule has 156 valence electrons. The molecule has 1 fully saturated rings. The number of nitrogens with zero attached hydrogens (tertiary/aromatic N) is 1. The van der Waals surface area contributed by atoms with E-state index >= 15 is 0 Å². The van der Waals surface area contributed by atoms with Gasteiger partial charge in [-0.15, -0.1) is 0 Å². The Kier molecular flexibility index (Phi) is 7.90. The highest BCUT2D eigenvalue weighted by Gasteiger charge is 2.18. The number of hydrogen-bond donors (Lipinski definition) is 1. The van der Waals surface area contributed by atoms with E-state index < -0.39 is 6.10 Å². The third-order valence-corrected chi connectivity index (χ3v) is 4.98. The summed E-state index contributed by atoms with van der Waals surface area (Å²) in [6, 6.07) is 15.7. The number of ether oxygens (including phenoxy) is 3. The summed E-state index contributed by atoms with van der Waals surface area (Å²) in [6.07, 6.45) is 0.0457. The van der Waals surface area contributed by atoms with Crippen molar-refractivity contribution in [3.8, 4) is 11.5 Å². The zero-order chi connectivity index (χ0) is 20.5. The summed E-state index contributed by atoms with van der Waals surface area (Å²) in [7, 11) is 1.61. The molecule has 29 heavy (non-hydrogen) atoms. The first-order valence-corrected chi connectivity index (χ1v) is 10.1. The molecule has 2 aromatic rings. The van der Waals surface area contributed by atoms with Crippen LogP contribution in [0.5, 0.6) is 11.5 Å². The maximum Gasteiger partial charge on any atom is 0.261 e. The fourth-order valence-electron chi connectivity index (χ4n) is 3.24. The molecule has 1 atom stereocenters. The zero-order valence-corrected chi connectivity index (χ0v) is 17.2. The van der Waals surface area contributed by atoms with E-state index in [1.54, 1.807) is 13.2 Å². The first kappa shape index (κ1) is 21.1. The van der Waals surface area contributed by atoms with Crippen LogP contribution < -0.4 is 14.8 Å². The zero-order valence-electron chi connectivity index (χ0n) is 17.2. The highest BCUT2D eigenvalue weighted by atomic mass is 16.5.